The fourth-order valence-corrected chi connectivity index (χ4v) is 4.71. The van der Waals surface area contributed by atoms with Crippen molar-refractivity contribution in [3.8, 4) is 11.5 Å². The van der Waals surface area contributed by atoms with E-state index in [4.69, 9.17) is 9.47 Å². The Balaban J connectivity index is 1.64. The molecule has 0 spiro atoms. The molecule has 0 saturated carbocycles. The van der Waals surface area contributed by atoms with Gasteiger partial charge in [0.05, 0.1) is 20.3 Å². The van der Waals surface area contributed by atoms with Crippen LogP contribution in [0.4, 0.5) is 4.79 Å². The van der Waals surface area contributed by atoms with Crippen LogP contribution in [0.1, 0.15) is 35.1 Å². The molecule has 0 bridgehead atoms. The number of rotatable bonds is 5. The van der Waals surface area contributed by atoms with Crippen molar-refractivity contribution < 1.29 is 14.3 Å². The van der Waals surface area contributed by atoms with Gasteiger partial charge in [-0.2, -0.15) is 0 Å². The molecule has 2 amide bonds. The summed E-state index contributed by atoms with van der Waals surface area (Å²) in [4.78, 5) is 12.7. The lowest BCUT2D eigenvalue weighted by Crippen LogP contribution is -2.45. The minimum atomic E-state index is -0.236. The number of carbonyl (C=O) groups is 1. The van der Waals surface area contributed by atoms with Gasteiger partial charge in [0.2, 0.25) is 0 Å². The van der Waals surface area contributed by atoms with Crippen LogP contribution in [0.3, 0.4) is 0 Å². The van der Waals surface area contributed by atoms with E-state index in [9.17, 15) is 4.79 Å². The predicted molar refractivity (Wildman–Crippen MR) is 129 cm³/mol. The second-order valence-corrected chi connectivity index (χ2v) is 8.24. The minimum Gasteiger partial charge on any atom is -0.497 e. The molecule has 1 aliphatic heterocycles. The van der Waals surface area contributed by atoms with Crippen molar-refractivity contribution >= 4 is 11.6 Å². The zero-order chi connectivity index (χ0) is 22.8. The van der Waals surface area contributed by atoms with Gasteiger partial charge < -0.3 is 20.1 Å². The van der Waals surface area contributed by atoms with Gasteiger partial charge in [-0.3, -0.25) is 0 Å². The summed E-state index contributed by atoms with van der Waals surface area (Å²) in [5.74, 6) is 1.70. The minimum absolute atomic E-state index is 0.0892. The lowest BCUT2D eigenvalue weighted by molar-refractivity contribution is 0.238. The third-order valence-corrected chi connectivity index (χ3v) is 6.38. The summed E-state index contributed by atoms with van der Waals surface area (Å²) < 4.78 is 10.7. The Hall–Kier alpha value is -3.99. The summed E-state index contributed by atoms with van der Waals surface area (Å²) in [7, 11) is 3.32. The fraction of sp³-hybridized carbons (Fsp3) is 0.179. The molecule has 3 aromatic rings. The molecule has 2 N–H and O–H groups in total. The quantitative estimate of drug-likeness (QED) is 0.546. The molecule has 2 aliphatic rings. The maximum Gasteiger partial charge on any atom is 0.319 e. The van der Waals surface area contributed by atoms with Crippen molar-refractivity contribution in [2.24, 2.45) is 0 Å². The smallest absolute Gasteiger partial charge is 0.319 e. The van der Waals surface area contributed by atoms with E-state index in [0.29, 0.717) is 0 Å². The Morgan fingerprint density at radius 1 is 0.788 bits per heavy atom. The van der Waals surface area contributed by atoms with Crippen LogP contribution in [0.5, 0.6) is 11.5 Å². The van der Waals surface area contributed by atoms with Gasteiger partial charge in [-0.25, -0.2) is 4.79 Å². The third kappa shape index (κ3) is 4.10. The molecular formula is C28H26N2O3. The topological polar surface area (TPSA) is 59.6 Å². The second kappa shape index (κ2) is 8.87. The van der Waals surface area contributed by atoms with E-state index in [-0.39, 0.29) is 18.0 Å². The van der Waals surface area contributed by atoms with Crippen molar-refractivity contribution in [3.63, 3.8) is 0 Å². The maximum absolute atomic E-state index is 12.7. The SMILES string of the molecule is COc1ccc(C2CC(c3ccccc3)=CC3=C2C(c2ccc(OC)cc2)NC(=O)N3)cc1. The largest absolute Gasteiger partial charge is 0.497 e. The summed E-state index contributed by atoms with van der Waals surface area (Å²) in [6.07, 6.45) is 2.96. The number of hydrogen-bond acceptors (Lipinski definition) is 3. The van der Waals surface area contributed by atoms with Gasteiger partial charge >= 0.3 is 6.03 Å². The van der Waals surface area contributed by atoms with Crippen molar-refractivity contribution in [2.75, 3.05) is 14.2 Å². The molecule has 33 heavy (non-hydrogen) atoms. The first-order chi connectivity index (χ1) is 16.2. The molecule has 1 aliphatic carbocycles. The van der Waals surface area contributed by atoms with Crippen molar-refractivity contribution in [1.29, 1.82) is 0 Å². The molecule has 2 atom stereocenters. The molecule has 5 heteroatoms. The highest BCUT2D eigenvalue weighted by Gasteiger charge is 2.36. The van der Waals surface area contributed by atoms with E-state index in [1.807, 2.05) is 54.6 Å². The van der Waals surface area contributed by atoms with Crippen molar-refractivity contribution in [1.82, 2.24) is 10.6 Å². The predicted octanol–water partition coefficient (Wildman–Crippen LogP) is 5.58. The Bertz CT molecular complexity index is 1210. The maximum atomic E-state index is 12.7. The van der Waals surface area contributed by atoms with Gasteiger partial charge in [0.15, 0.2) is 0 Å². The van der Waals surface area contributed by atoms with Gasteiger partial charge in [-0.15, -0.1) is 0 Å². The van der Waals surface area contributed by atoms with Gasteiger partial charge in [0.25, 0.3) is 0 Å². The Labute approximate surface area is 193 Å². The average Bonchev–Trinajstić information content (AvgIpc) is 2.88. The van der Waals surface area contributed by atoms with Gasteiger partial charge in [-0.1, -0.05) is 54.6 Å². The number of urea groups is 1. The number of ether oxygens (including phenoxy) is 2. The lowest BCUT2D eigenvalue weighted by atomic mass is 9.74. The molecule has 0 saturated heterocycles. The summed E-state index contributed by atoms with van der Waals surface area (Å²) in [6, 6.07) is 26.0. The first-order valence-electron chi connectivity index (χ1n) is 11.0. The first-order valence-corrected chi connectivity index (χ1v) is 11.0. The molecule has 1 heterocycles. The highest BCUT2D eigenvalue weighted by atomic mass is 16.5. The number of amides is 2. The molecule has 3 aromatic carbocycles. The number of nitrogens with one attached hydrogen (secondary N) is 2. The highest BCUT2D eigenvalue weighted by molar-refractivity contribution is 5.83. The zero-order valence-corrected chi connectivity index (χ0v) is 18.7. The number of methoxy groups -OCH3 is 2. The van der Waals surface area contributed by atoms with Gasteiger partial charge in [-0.05, 0) is 64.6 Å². The van der Waals surface area contributed by atoms with Crippen LogP contribution in [0.2, 0.25) is 0 Å². The molecule has 5 nitrogen and oxygen atoms in total. The highest BCUT2D eigenvalue weighted by Crippen LogP contribution is 2.46. The standard InChI is InChI=1S/C28H26N2O3/c1-32-22-12-8-19(9-13-22)24-16-21(18-6-4-3-5-7-18)17-25-26(24)27(30-28(31)29-25)20-10-14-23(33-2)15-11-20/h3-15,17,24,27H,16H2,1-2H3,(H2,29,30,31). The van der Waals surface area contributed by atoms with Crippen LogP contribution in [0.25, 0.3) is 5.57 Å². The normalized spacial score (nSPS) is 19.7. The molecule has 166 valence electrons. The number of hydrogen-bond donors (Lipinski definition) is 2. The first kappa shape index (κ1) is 20.9. The Morgan fingerprint density at radius 2 is 1.39 bits per heavy atom. The van der Waals surface area contributed by atoms with Gasteiger partial charge in [0, 0.05) is 11.6 Å². The lowest BCUT2D eigenvalue weighted by Gasteiger charge is -2.38. The zero-order valence-electron chi connectivity index (χ0n) is 18.7. The van der Waals surface area contributed by atoms with Crippen molar-refractivity contribution in [2.45, 2.75) is 18.4 Å². The van der Waals surface area contributed by atoms with Crippen LogP contribution in [-0.4, -0.2) is 20.3 Å². The molecule has 0 radical (unpaired) electrons. The van der Waals surface area contributed by atoms with Crippen LogP contribution in [-0.2, 0) is 0 Å². The third-order valence-electron chi connectivity index (χ3n) is 6.38. The molecular weight excluding hydrogens is 412 g/mol. The van der Waals surface area contributed by atoms with E-state index >= 15 is 0 Å². The average molecular weight is 439 g/mol. The van der Waals surface area contributed by atoms with E-state index in [2.05, 4.69) is 41.0 Å². The van der Waals surface area contributed by atoms with Crippen LogP contribution < -0.4 is 20.1 Å². The summed E-state index contributed by atoms with van der Waals surface area (Å²) in [6.45, 7) is 0. The van der Waals surface area contributed by atoms with E-state index in [0.717, 1.165) is 40.3 Å². The molecule has 5 rings (SSSR count). The van der Waals surface area contributed by atoms with Gasteiger partial charge in [0.1, 0.15) is 11.5 Å². The van der Waals surface area contributed by atoms with E-state index in [1.165, 1.54) is 11.1 Å². The van der Waals surface area contributed by atoms with E-state index in [1.54, 1.807) is 14.2 Å². The monoisotopic (exact) mass is 438 g/mol. The second-order valence-electron chi connectivity index (χ2n) is 8.24. The van der Waals surface area contributed by atoms with Crippen LogP contribution in [0, 0.1) is 0 Å². The van der Waals surface area contributed by atoms with Crippen LogP contribution in [0.15, 0.2) is 96.2 Å². The molecule has 0 fully saturated rings. The summed E-state index contributed by atoms with van der Waals surface area (Å²) in [5.41, 5.74) is 6.59. The summed E-state index contributed by atoms with van der Waals surface area (Å²) in [5, 5.41) is 6.21. The number of carbonyl (C=O) groups excluding carboxylic acids is 1. The van der Waals surface area contributed by atoms with Crippen LogP contribution >= 0.6 is 0 Å². The number of allylic oxidation sites excluding steroid dienone is 2. The Morgan fingerprint density at radius 3 is 2.00 bits per heavy atom. The summed E-state index contributed by atoms with van der Waals surface area (Å²) >= 11 is 0. The number of benzene rings is 3. The Kier molecular flexibility index (Phi) is 5.61. The fourth-order valence-electron chi connectivity index (χ4n) is 4.71. The molecule has 2 unspecified atom stereocenters. The van der Waals surface area contributed by atoms with Crippen molar-refractivity contribution in [3.05, 3.63) is 113 Å². The molecule has 0 aromatic heterocycles. The van der Waals surface area contributed by atoms with E-state index < -0.39 is 0 Å².